The summed E-state index contributed by atoms with van der Waals surface area (Å²) in [4.78, 5) is 23.7. The van der Waals surface area contributed by atoms with Crippen LogP contribution in [0.2, 0.25) is 0 Å². The van der Waals surface area contributed by atoms with Gasteiger partial charge in [0.2, 0.25) is 5.91 Å². The van der Waals surface area contributed by atoms with E-state index in [0.717, 1.165) is 0 Å². The lowest BCUT2D eigenvalue weighted by molar-refractivity contribution is -0.121. The Hall–Kier alpha value is -0.910. The van der Waals surface area contributed by atoms with Crippen molar-refractivity contribution in [2.24, 2.45) is 0 Å². The Morgan fingerprint density at radius 3 is 2.71 bits per heavy atom. The molecule has 1 fully saturated rings. The molecule has 1 rings (SSSR count). The maximum absolute atomic E-state index is 11.3. The summed E-state index contributed by atoms with van der Waals surface area (Å²) in [5.74, 6) is 0.206. The first-order valence-electron chi connectivity index (χ1n) is 4.41. The van der Waals surface area contributed by atoms with Crippen LogP contribution in [0, 0.1) is 0 Å². The number of hydrogen-bond donors (Lipinski definition) is 1. The average molecular weight is 218 g/mol. The maximum atomic E-state index is 11.3. The van der Waals surface area contributed by atoms with Crippen LogP contribution in [-0.4, -0.2) is 45.6 Å². The molecule has 0 aliphatic carbocycles. The van der Waals surface area contributed by atoms with Crippen LogP contribution in [0.15, 0.2) is 0 Å². The fourth-order valence-electron chi connectivity index (χ4n) is 1.43. The van der Waals surface area contributed by atoms with Crippen molar-refractivity contribution >= 4 is 22.7 Å². The van der Waals surface area contributed by atoms with Gasteiger partial charge in [0.25, 0.3) is 0 Å². The molecule has 1 saturated heterocycles. The third kappa shape index (κ3) is 2.80. The minimum atomic E-state index is -0.928. The second kappa shape index (κ2) is 4.54. The summed E-state index contributed by atoms with van der Waals surface area (Å²) in [7, 11) is -0.928. The van der Waals surface area contributed by atoms with Crippen LogP contribution in [0.25, 0.3) is 0 Å². The summed E-state index contributed by atoms with van der Waals surface area (Å²) in [6.07, 6.45) is 1.93. The molecule has 2 unspecified atom stereocenters. The molecule has 3 amide bonds. The zero-order valence-corrected chi connectivity index (χ0v) is 9.10. The van der Waals surface area contributed by atoms with Crippen LogP contribution < -0.4 is 5.32 Å². The van der Waals surface area contributed by atoms with E-state index in [0.29, 0.717) is 18.7 Å². The summed E-state index contributed by atoms with van der Waals surface area (Å²) in [5, 5.41) is 2.23. The van der Waals surface area contributed by atoms with E-state index >= 15 is 0 Å². The van der Waals surface area contributed by atoms with Gasteiger partial charge in [-0.1, -0.05) is 0 Å². The molecule has 0 aromatic rings. The summed E-state index contributed by atoms with van der Waals surface area (Å²) >= 11 is 0. The van der Waals surface area contributed by atoms with Crippen molar-refractivity contribution in [1.82, 2.24) is 10.2 Å². The zero-order chi connectivity index (χ0) is 10.7. The molecule has 1 aliphatic rings. The van der Waals surface area contributed by atoms with E-state index in [2.05, 4.69) is 5.32 Å². The van der Waals surface area contributed by atoms with Gasteiger partial charge in [0.15, 0.2) is 0 Å². The molecular formula is C8H14N2O3S. The Morgan fingerprint density at radius 1 is 1.57 bits per heavy atom. The highest BCUT2D eigenvalue weighted by atomic mass is 32.2. The molecule has 1 aliphatic heterocycles. The number of carbonyl (C=O) groups excluding carboxylic acids is 2. The van der Waals surface area contributed by atoms with E-state index < -0.39 is 10.8 Å². The summed E-state index contributed by atoms with van der Waals surface area (Å²) < 4.78 is 11.0. The smallest absolute Gasteiger partial charge is 0.320 e. The highest BCUT2D eigenvalue weighted by Gasteiger charge is 2.27. The van der Waals surface area contributed by atoms with E-state index in [9.17, 15) is 13.8 Å². The number of imide groups is 1. The van der Waals surface area contributed by atoms with Gasteiger partial charge in [-0.05, 0) is 6.92 Å². The average Bonchev–Trinajstić information content (AvgIpc) is 2.01. The van der Waals surface area contributed by atoms with Crippen molar-refractivity contribution in [2.45, 2.75) is 19.4 Å². The number of carbonyl (C=O) groups is 2. The molecule has 0 aromatic heterocycles. The third-order valence-electron chi connectivity index (χ3n) is 2.09. The van der Waals surface area contributed by atoms with Crippen LogP contribution in [-0.2, 0) is 15.6 Å². The standard InChI is InChI=1S/C8H14N2O3S/c1-6(5-14(2)13)10-4-3-7(11)9-8(10)12/h6H,3-5H2,1-2H3,(H,9,11,12). The molecule has 1 heterocycles. The van der Waals surface area contributed by atoms with Crippen LogP contribution >= 0.6 is 0 Å². The number of nitrogens with one attached hydrogen (secondary N) is 1. The lowest BCUT2D eigenvalue weighted by atomic mass is 10.2. The third-order valence-corrected chi connectivity index (χ3v) is 3.05. The monoisotopic (exact) mass is 218 g/mol. The van der Waals surface area contributed by atoms with Crippen LogP contribution in [0.4, 0.5) is 4.79 Å². The molecule has 0 saturated carbocycles. The molecule has 0 bridgehead atoms. The predicted octanol–water partition coefficient (Wildman–Crippen LogP) is -0.305. The van der Waals surface area contributed by atoms with E-state index in [1.807, 2.05) is 6.92 Å². The fraction of sp³-hybridized carbons (Fsp3) is 0.750. The van der Waals surface area contributed by atoms with Gasteiger partial charge in [0, 0.05) is 41.8 Å². The molecular weight excluding hydrogens is 204 g/mol. The van der Waals surface area contributed by atoms with Crippen LogP contribution in [0.5, 0.6) is 0 Å². The van der Waals surface area contributed by atoms with Gasteiger partial charge < -0.3 is 4.90 Å². The first-order valence-corrected chi connectivity index (χ1v) is 6.14. The van der Waals surface area contributed by atoms with E-state index in [-0.39, 0.29) is 18.0 Å². The molecule has 80 valence electrons. The van der Waals surface area contributed by atoms with Gasteiger partial charge in [0.1, 0.15) is 0 Å². The van der Waals surface area contributed by atoms with Gasteiger partial charge >= 0.3 is 6.03 Å². The summed E-state index contributed by atoms with van der Waals surface area (Å²) in [6.45, 7) is 2.25. The second-order valence-electron chi connectivity index (χ2n) is 3.39. The maximum Gasteiger partial charge on any atom is 0.324 e. The molecule has 0 aromatic carbocycles. The van der Waals surface area contributed by atoms with Crippen molar-refractivity contribution in [2.75, 3.05) is 18.6 Å². The Kier molecular flexibility index (Phi) is 3.62. The summed E-state index contributed by atoms with van der Waals surface area (Å²) in [5.41, 5.74) is 0. The zero-order valence-electron chi connectivity index (χ0n) is 8.28. The molecule has 5 nitrogen and oxygen atoms in total. The molecule has 6 heteroatoms. The molecule has 1 N–H and O–H groups in total. The van der Waals surface area contributed by atoms with Gasteiger partial charge in [0.05, 0.1) is 0 Å². The Balaban J connectivity index is 2.55. The lowest BCUT2D eigenvalue weighted by Crippen LogP contribution is -2.53. The molecule has 14 heavy (non-hydrogen) atoms. The van der Waals surface area contributed by atoms with Gasteiger partial charge in [-0.25, -0.2) is 4.79 Å². The normalized spacial score (nSPS) is 21.7. The van der Waals surface area contributed by atoms with Gasteiger partial charge in [-0.2, -0.15) is 0 Å². The molecule has 2 atom stereocenters. The van der Waals surface area contributed by atoms with Crippen LogP contribution in [0.3, 0.4) is 0 Å². The quantitative estimate of drug-likeness (QED) is 0.707. The van der Waals surface area contributed by atoms with E-state index in [4.69, 9.17) is 0 Å². The first-order chi connectivity index (χ1) is 6.50. The predicted molar refractivity (Wildman–Crippen MR) is 53.3 cm³/mol. The van der Waals surface area contributed by atoms with Gasteiger partial charge in [-0.3, -0.25) is 14.3 Å². The highest BCUT2D eigenvalue weighted by molar-refractivity contribution is 7.84. The van der Waals surface area contributed by atoms with E-state index in [1.54, 1.807) is 11.2 Å². The summed E-state index contributed by atoms with van der Waals surface area (Å²) in [6, 6.07) is -0.465. The second-order valence-corrected chi connectivity index (χ2v) is 4.87. The van der Waals surface area contributed by atoms with Crippen molar-refractivity contribution in [1.29, 1.82) is 0 Å². The largest absolute Gasteiger partial charge is 0.324 e. The number of amides is 3. The Bertz CT molecular complexity index is 280. The van der Waals surface area contributed by atoms with Crippen molar-refractivity contribution < 1.29 is 13.8 Å². The number of rotatable bonds is 3. The Morgan fingerprint density at radius 2 is 2.21 bits per heavy atom. The number of hydrogen-bond acceptors (Lipinski definition) is 3. The Labute approximate surface area is 85.3 Å². The van der Waals surface area contributed by atoms with Crippen molar-refractivity contribution in [3.8, 4) is 0 Å². The van der Waals surface area contributed by atoms with Crippen molar-refractivity contribution in [3.05, 3.63) is 0 Å². The number of urea groups is 1. The topological polar surface area (TPSA) is 66.5 Å². The lowest BCUT2D eigenvalue weighted by Gasteiger charge is -2.31. The minimum absolute atomic E-state index is 0.0890. The molecule has 0 spiro atoms. The highest BCUT2D eigenvalue weighted by Crippen LogP contribution is 2.06. The van der Waals surface area contributed by atoms with Crippen LogP contribution in [0.1, 0.15) is 13.3 Å². The van der Waals surface area contributed by atoms with E-state index in [1.165, 1.54) is 0 Å². The van der Waals surface area contributed by atoms with Gasteiger partial charge in [-0.15, -0.1) is 0 Å². The van der Waals surface area contributed by atoms with Crippen molar-refractivity contribution in [3.63, 3.8) is 0 Å². The minimum Gasteiger partial charge on any atom is -0.320 e. The molecule has 0 radical (unpaired) electrons. The SMILES string of the molecule is CC(CS(C)=O)N1CCC(=O)NC1=O. The fourth-order valence-corrected chi connectivity index (χ4v) is 2.29. The first kappa shape index (κ1) is 11.2. The number of nitrogens with zero attached hydrogens (tertiary/aromatic N) is 1.